The van der Waals surface area contributed by atoms with Crippen molar-refractivity contribution < 1.29 is 28.5 Å². The van der Waals surface area contributed by atoms with Crippen molar-refractivity contribution in [3.8, 4) is 11.5 Å². The fraction of sp³-hybridized carbons (Fsp3) is 0.297. The van der Waals surface area contributed by atoms with E-state index in [1.165, 1.54) is 29.8 Å². The Hall–Kier alpha value is -4.98. The molecule has 1 N–H and O–H groups in total. The maximum atomic E-state index is 13.5. The van der Waals surface area contributed by atoms with E-state index in [0.717, 1.165) is 21.6 Å². The largest absolute Gasteiger partial charge is 0.493 e. The number of nitrogens with zero attached hydrogens (tertiary/aromatic N) is 4. The van der Waals surface area contributed by atoms with E-state index in [9.17, 15) is 9.59 Å². The first-order valence-electron chi connectivity index (χ1n) is 16.0. The Bertz CT molecular complexity index is 1740. The van der Waals surface area contributed by atoms with Gasteiger partial charge < -0.3 is 24.3 Å². The first kappa shape index (κ1) is 36.3. The average Bonchev–Trinajstić information content (AvgIpc) is 3.87. The second-order valence-corrected chi connectivity index (χ2v) is 13.3. The summed E-state index contributed by atoms with van der Waals surface area (Å²) in [6.45, 7) is 1.47. The van der Waals surface area contributed by atoms with Crippen LogP contribution in [0, 0.1) is 0 Å². The number of anilines is 1. The van der Waals surface area contributed by atoms with Crippen LogP contribution >= 0.6 is 22.7 Å². The summed E-state index contributed by atoms with van der Waals surface area (Å²) >= 11 is 2.80. The van der Waals surface area contributed by atoms with Crippen molar-refractivity contribution in [2.75, 3.05) is 39.3 Å². The van der Waals surface area contributed by atoms with E-state index in [4.69, 9.17) is 18.9 Å². The average molecular weight is 716 g/mol. The molecule has 0 fully saturated rings. The number of carbonyl (C=O) groups excluding carboxylic acids is 2. The maximum Gasteiger partial charge on any atom is 0.415 e. The smallest absolute Gasteiger partial charge is 0.415 e. The number of methoxy groups -OCH3 is 3. The topological polar surface area (TPSA) is 115 Å². The normalized spacial score (nSPS) is 12.2. The molecule has 0 aliphatic rings. The summed E-state index contributed by atoms with van der Waals surface area (Å²) in [5, 5.41) is 3.80. The first-order valence-corrected chi connectivity index (χ1v) is 17.8. The van der Waals surface area contributed by atoms with Gasteiger partial charge in [0.05, 0.1) is 49.5 Å². The van der Waals surface area contributed by atoms with Crippen molar-refractivity contribution >= 4 is 39.9 Å². The SMILES string of the molecule is COC(=O)N(c1cncs1)[C@@H](Cc1ccccc1)CN(Cc1ccc(OC)c(OC)c1)C[C@@H](Cc1ccccc1)NC(=O)OCc1cncs1. The third-order valence-electron chi connectivity index (χ3n) is 7.98. The van der Waals surface area contributed by atoms with Gasteiger partial charge in [-0.15, -0.1) is 22.7 Å². The quantitative estimate of drug-likeness (QED) is 0.111. The van der Waals surface area contributed by atoms with Crippen molar-refractivity contribution in [2.24, 2.45) is 0 Å². The fourth-order valence-electron chi connectivity index (χ4n) is 5.74. The van der Waals surface area contributed by atoms with Crippen LogP contribution in [0.2, 0.25) is 0 Å². The summed E-state index contributed by atoms with van der Waals surface area (Å²) in [5.41, 5.74) is 6.50. The van der Waals surface area contributed by atoms with Crippen LogP contribution in [0.25, 0.3) is 0 Å². The molecule has 13 heteroatoms. The summed E-state index contributed by atoms with van der Waals surface area (Å²) < 4.78 is 22.0. The Kier molecular flexibility index (Phi) is 13.6. The van der Waals surface area contributed by atoms with Gasteiger partial charge in [-0.1, -0.05) is 66.7 Å². The molecule has 0 spiro atoms. The molecule has 0 aliphatic carbocycles. The van der Waals surface area contributed by atoms with Crippen LogP contribution in [0.15, 0.2) is 102 Å². The number of benzene rings is 3. The molecule has 0 saturated heterocycles. The molecule has 2 heterocycles. The van der Waals surface area contributed by atoms with Crippen molar-refractivity contribution in [2.45, 2.75) is 38.1 Å². The summed E-state index contributed by atoms with van der Waals surface area (Å²) in [4.78, 5) is 39.8. The molecule has 0 radical (unpaired) electrons. The Morgan fingerprint density at radius 1 is 0.780 bits per heavy atom. The van der Waals surface area contributed by atoms with Crippen LogP contribution in [0.3, 0.4) is 0 Å². The molecule has 50 heavy (non-hydrogen) atoms. The summed E-state index contributed by atoms with van der Waals surface area (Å²) in [5.74, 6) is 1.23. The van der Waals surface area contributed by atoms with Crippen molar-refractivity contribution in [3.63, 3.8) is 0 Å². The number of aromatic nitrogens is 2. The van der Waals surface area contributed by atoms with Crippen molar-refractivity contribution in [1.29, 1.82) is 0 Å². The zero-order chi connectivity index (χ0) is 35.1. The van der Waals surface area contributed by atoms with E-state index in [-0.39, 0.29) is 18.7 Å². The predicted octanol–water partition coefficient (Wildman–Crippen LogP) is 6.84. The number of rotatable bonds is 17. The zero-order valence-electron chi connectivity index (χ0n) is 28.3. The molecule has 2 aromatic heterocycles. The number of alkyl carbamates (subject to hydrolysis) is 1. The Morgan fingerprint density at radius 2 is 1.46 bits per heavy atom. The second-order valence-electron chi connectivity index (χ2n) is 11.5. The maximum absolute atomic E-state index is 13.5. The van der Waals surface area contributed by atoms with E-state index >= 15 is 0 Å². The zero-order valence-corrected chi connectivity index (χ0v) is 29.9. The van der Waals surface area contributed by atoms with Gasteiger partial charge in [-0.25, -0.2) is 9.59 Å². The highest BCUT2D eigenvalue weighted by molar-refractivity contribution is 7.14. The molecule has 2 atom stereocenters. The number of carbonyl (C=O) groups is 2. The van der Waals surface area contributed by atoms with Gasteiger partial charge in [-0.05, 0) is 41.7 Å². The highest BCUT2D eigenvalue weighted by Crippen LogP contribution is 2.29. The number of hydrogen-bond acceptors (Lipinski definition) is 11. The Labute approximate surface area is 300 Å². The highest BCUT2D eigenvalue weighted by atomic mass is 32.1. The number of hydrogen-bond donors (Lipinski definition) is 1. The molecule has 0 aliphatic heterocycles. The lowest BCUT2D eigenvalue weighted by Crippen LogP contribution is -2.51. The van der Waals surface area contributed by atoms with E-state index in [1.807, 2.05) is 78.9 Å². The minimum absolute atomic E-state index is 0.131. The van der Waals surface area contributed by atoms with Gasteiger partial charge in [0.25, 0.3) is 0 Å². The monoisotopic (exact) mass is 715 g/mol. The predicted molar refractivity (Wildman–Crippen MR) is 195 cm³/mol. The molecule has 0 saturated carbocycles. The third-order valence-corrected chi connectivity index (χ3v) is 9.51. The third kappa shape index (κ3) is 10.5. The molecule has 262 valence electrons. The van der Waals surface area contributed by atoms with Crippen LogP contribution in [0.5, 0.6) is 11.5 Å². The van der Waals surface area contributed by atoms with Crippen LogP contribution < -0.4 is 19.7 Å². The van der Waals surface area contributed by atoms with E-state index in [2.05, 4.69) is 20.2 Å². The van der Waals surface area contributed by atoms with Crippen LogP contribution in [0.1, 0.15) is 21.6 Å². The molecule has 0 unspecified atom stereocenters. The van der Waals surface area contributed by atoms with Crippen molar-refractivity contribution in [1.82, 2.24) is 20.2 Å². The molecular weight excluding hydrogens is 675 g/mol. The first-order chi connectivity index (χ1) is 24.4. The molecule has 2 amide bonds. The van der Waals surface area contributed by atoms with E-state index in [1.54, 1.807) is 42.5 Å². The molecular formula is C37H41N5O6S2. The van der Waals surface area contributed by atoms with Crippen LogP contribution in [-0.4, -0.2) is 73.6 Å². The molecule has 0 bridgehead atoms. The second kappa shape index (κ2) is 18.7. The molecule has 11 nitrogen and oxygen atoms in total. The van der Waals surface area contributed by atoms with Gasteiger partial charge in [0.1, 0.15) is 11.6 Å². The summed E-state index contributed by atoms with van der Waals surface area (Å²) in [6, 6.07) is 25.2. The fourth-order valence-corrected chi connectivity index (χ4v) is 6.93. The minimum Gasteiger partial charge on any atom is -0.493 e. The van der Waals surface area contributed by atoms with Gasteiger partial charge in [0.15, 0.2) is 11.5 Å². The van der Waals surface area contributed by atoms with Gasteiger partial charge in [0.2, 0.25) is 0 Å². The molecule has 3 aromatic carbocycles. The highest BCUT2D eigenvalue weighted by Gasteiger charge is 2.31. The van der Waals surface area contributed by atoms with E-state index < -0.39 is 12.2 Å². The summed E-state index contributed by atoms with van der Waals surface area (Å²) in [7, 11) is 4.60. The summed E-state index contributed by atoms with van der Waals surface area (Å²) in [6.07, 6.45) is 3.46. The lowest BCUT2D eigenvalue weighted by Gasteiger charge is -2.36. The van der Waals surface area contributed by atoms with Crippen LogP contribution in [0.4, 0.5) is 14.6 Å². The standard InChI is InChI=1S/C37H41N5O6S2/c1-45-33-15-14-29(18-34(33)46-2)21-41(22-30(16-27-10-6-4-7-11-27)40-36(43)48-24-32-19-38-25-49-32)23-31(17-28-12-8-5-9-13-28)42(37(44)47-3)35-20-39-26-50-35/h4-15,18-20,25-26,30-31H,16-17,21-24H2,1-3H3,(H,40,43)/t30-,31+/m1/s1. The lowest BCUT2D eigenvalue weighted by molar-refractivity contribution is 0.130. The Balaban J connectivity index is 1.49. The number of nitrogens with one attached hydrogen (secondary N) is 1. The van der Waals surface area contributed by atoms with Crippen molar-refractivity contribution in [3.05, 3.63) is 124 Å². The lowest BCUT2D eigenvalue weighted by atomic mass is 10.0. The van der Waals surface area contributed by atoms with Gasteiger partial charge in [-0.3, -0.25) is 19.8 Å². The molecule has 5 aromatic rings. The minimum atomic E-state index is -0.521. The number of amides is 2. The Morgan fingerprint density at radius 3 is 2.08 bits per heavy atom. The molecule has 5 rings (SSSR count). The van der Waals surface area contributed by atoms with Gasteiger partial charge in [-0.2, -0.15) is 0 Å². The van der Waals surface area contributed by atoms with Gasteiger partial charge >= 0.3 is 12.2 Å². The van der Waals surface area contributed by atoms with Gasteiger partial charge in [0, 0.05) is 31.9 Å². The number of ether oxygens (including phenoxy) is 4. The van der Waals surface area contributed by atoms with E-state index in [0.29, 0.717) is 49.0 Å². The van der Waals surface area contributed by atoms with Crippen LogP contribution in [-0.2, 0) is 35.5 Å². The number of thiazole rings is 2.